The van der Waals surface area contributed by atoms with E-state index in [1.165, 1.54) is 4.88 Å². The number of ether oxygens (including phenoxy) is 1. The number of carbonyl (C=O) groups is 1. The number of rotatable bonds is 4. The van der Waals surface area contributed by atoms with Gasteiger partial charge in [0.1, 0.15) is 5.75 Å². The lowest BCUT2D eigenvalue weighted by molar-refractivity contribution is -0.116. The highest BCUT2D eigenvalue weighted by atomic mass is 32.1. The first-order chi connectivity index (χ1) is 12.3. The zero-order valence-electron chi connectivity index (χ0n) is 14.0. The maximum absolute atomic E-state index is 12.4. The van der Waals surface area contributed by atoms with Crippen LogP contribution < -0.4 is 10.1 Å². The number of benzene rings is 2. The number of anilines is 1. The van der Waals surface area contributed by atoms with Crippen molar-refractivity contribution in [3.63, 3.8) is 0 Å². The Balaban J connectivity index is 1.77. The van der Waals surface area contributed by atoms with Crippen molar-refractivity contribution < 1.29 is 9.53 Å². The van der Waals surface area contributed by atoms with Crippen LogP contribution >= 0.6 is 11.3 Å². The van der Waals surface area contributed by atoms with Gasteiger partial charge in [0.05, 0.1) is 12.3 Å². The fraction of sp³-hybridized carbons (Fsp3) is 0.190. The number of thiophene rings is 1. The van der Waals surface area contributed by atoms with Crippen molar-refractivity contribution in [2.45, 2.75) is 19.3 Å². The lowest BCUT2D eigenvalue weighted by Crippen LogP contribution is -2.22. The summed E-state index contributed by atoms with van der Waals surface area (Å²) in [5.74, 6) is 0.994. The van der Waals surface area contributed by atoms with Gasteiger partial charge < -0.3 is 10.1 Å². The number of nitrogens with one attached hydrogen (secondary N) is 1. The molecule has 0 aliphatic carbocycles. The van der Waals surface area contributed by atoms with Crippen LogP contribution in [-0.4, -0.2) is 12.5 Å². The molecule has 1 unspecified atom stereocenters. The lowest BCUT2D eigenvalue weighted by atomic mass is 9.89. The third-order valence-electron chi connectivity index (χ3n) is 4.45. The second-order valence-electron chi connectivity index (χ2n) is 6.07. The average molecular weight is 349 g/mol. The van der Waals surface area contributed by atoms with Gasteiger partial charge in [-0.05, 0) is 30.2 Å². The van der Waals surface area contributed by atoms with Gasteiger partial charge in [0.25, 0.3) is 0 Å². The van der Waals surface area contributed by atoms with Crippen LogP contribution in [-0.2, 0) is 4.79 Å². The maximum Gasteiger partial charge on any atom is 0.225 e. The molecule has 3 aromatic rings. The van der Waals surface area contributed by atoms with Crippen LogP contribution in [0.25, 0.3) is 11.1 Å². The standard InChI is InChI=1S/C21H19NO2S/c1-2-24-16-10-6-9-15(11-16)17-12-19(23)22-20-18(13-25-21(17)20)14-7-4-3-5-8-14/h3-11,13,17H,2,12H2,1H3,(H,22,23). The van der Waals surface area contributed by atoms with Gasteiger partial charge in [0, 0.05) is 28.2 Å². The van der Waals surface area contributed by atoms with Crippen LogP contribution in [0, 0.1) is 0 Å². The summed E-state index contributed by atoms with van der Waals surface area (Å²) >= 11 is 1.72. The minimum atomic E-state index is 0.0647. The van der Waals surface area contributed by atoms with Crippen molar-refractivity contribution in [2.24, 2.45) is 0 Å². The Morgan fingerprint density at radius 3 is 2.80 bits per heavy atom. The molecule has 1 N–H and O–H groups in total. The highest BCUT2D eigenvalue weighted by molar-refractivity contribution is 7.11. The third-order valence-corrected chi connectivity index (χ3v) is 5.54. The summed E-state index contributed by atoms with van der Waals surface area (Å²) in [7, 11) is 0. The third kappa shape index (κ3) is 3.05. The van der Waals surface area contributed by atoms with E-state index in [-0.39, 0.29) is 11.8 Å². The molecule has 0 fully saturated rings. The highest BCUT2D eigenvalue weighted by Gasteiger charge is 2.30. The number of hydrogen-bond acceptors (Lipinski definition) is 3. The smallest absolute Gasteiger partial charge is 0.225 e. The molecule has 1 aliphatic heterocycles. The van der Waals surface area contributed by atoms with Crippen molar-refractivity contribution >= 4 is 22.9 Å². The minimum Gasteiger partial charge on any atom is -0.494 e. The molecular weight excluding hydrogens is 330 g/mol. The second-order valence-corrected chi connectivity index (χ2v) is 6.98. The minimum absolute atomic E-state index is 0.0647. The Labute approximate surface area is 151 Å². The molecule has 25 heavy (non-hydrogen) atoms. The van der Waals surface area contributed by atoms with E-state index in [1.54, 1.807) is 11.3 Å². The summed E-state index contributed by atoms with van der Waals surface area (Å²) in [4.78, 5) is 13.6. The van der Waals surface area contributed by atoms with Gasteiger partial charge in [-0.25, -0.2) is 0 Å². The van der Waals surface area contributed by atoms with E-state index in [1.807, 2.05) is 37.3 Å². The monoisotopic (exact) mass is 349 g/mol. The molecule has 2 aromatic carbocycles. The van der Waals surface area contributed by atoms with Crippen LogP contribution in [0.5, 0.6) is 5.75 Å². The van der Waals surface area contributed by atoms with Gasteiger partial charge >= 0.3 is 0 Å². The molecule has 126 valence electrons. The summed E-state index contributed by atoms with van der Waals surface area (Å²) in [6.07, 6.45) is 0.470. The van der Waals surface area contributed by atoms with Crippen molar-refractivity contribution in [1.29, 1.82) is 0 Å². The van der Waals surface area contributed by atoms with Crippen LogP contribution in [0.2, 0.25) is 0 Å². The Bertz CT molecular complexity index is 901. The van der Waals surface area contributed by atoms with Gasteiger partial charge in [0.2, 0.25) is 5.91 Å². The zero-order valence-corrected chi connectivity index (χ0v) is 14.8. The predicted molar refractivity (Wildman–Crippen MR) is 102 cm³/mol. The summed E-state index contributed by atoms with van der Waals surface area (Å²) in [5.41, 5.74) is 4.31. The molecule has 4 heteroatoms. The Morgan fingerprint density at radius 1 is 1.16 bits per heavy atom. The maximum atomic E-state index is 12.4. The second kappa shape index (κ2) is 6.73. The molecule has 0 saturated carbocycles. The van der Waals surface area contributed by atoms with E-state index in [0.29, 0.717) is 13.0 Å². The van der Waals surface area contributed by atoms with Crippen molar-refractivity contribution in [3.05, 3.63) is 70.4 Å². The van der Waals surface area contributed by atoms with Crippen molar-refractivity contribution in [2.75, 3.05) is 11.9 Å². The van der Waals surface area contributed by atoms with Gasteiger partial charge in [-0.2, -0.15) is 0 Å². The molecule has 0 spiro atoms. The lowest BCUT2D eigenvalue weighted by Gasteiger charge is -2.24. The molecule has 2 heterocycles. The Morgan fingerprint density at radius 2 is 2.00 bits per heavy atom. The van der Waals surface area contributed by atoms with Crippen LogP contribution in [0.15, 0.2) is 60.0 Å². The predicted octanol–water partition coefficient (Wildman–Crippen LogP) is 5.29. The van der Waals surface area contributed by atoms with E-state index in [9.17, 15) is 4.79 Å². The normalized spacial score (nSPS) is 16.2. The topological polar surface area (TPSA) is 38.3 Å². The van der Waals surface area contributed by atoms with E-state index in [0.717, 1.165) is 28.1 Å². The molecule has 0 saturated heterocycles. The van der Waals surface area contributed by atoms with Gasteiger partial charge in [-0.15, -0.1) is 11.3 Å². The van der Waals surface area contributed by atoms with Gasteiger partial charge in [0.15, 0.2) is 0 Å². The van der Waals surface area contributed by atoms with E-state index < -0.39 is 0 Å². The molecular formula is C21H19NO2S. The molecule has 1 aromatic heterocycles. The fourth-order valence-corrected chi connectivity index (χ4v) is 4.48. The van der Waals surface area contributed by atoms with Crippen LogP contribution in [0.1, 0.15) is 29.7 Å². The molecule has 1 atom stereocenters. The molecule has 4 rings (SSSR count). The molecule has 1 aliphatic rings. The van der Waals surface area contributed by atoms with E-state index >= 15 is 0 Å². The van der Waals surface area contributed by atoms with Crippen molar-refractivity contribution in [3.8, 4) is 16.9 Å². The SMILES string of the molecule is CCOc1cccc(C2CC(=O)Nc3c(-c4ccccc4)csc32)c1. The fourth-order valence-electron chi connectivity index (χ4n) is 3.31. The summed E-state index contributed by atoms with van der Waals surface area (Å²) in [5, 5.41) is 5.23. The summed E-state index contributed by atoms with van der Waals surface area (Å²) in [6.45, 7) is 2.61. The first kappa shape index (κ1) is 15.9. The molecule has 3 nitrogen and oxygen atoms in total. The first-order valence-electron chi connectivity index (χ1n) is 8.45. The number of hydrogen-bond donors (Lipinski definition) is 1. The van der Waals surface area contributed by atoms with Crippen molar-refractivity contribution in [1.82, 2.24) is 0 Å². The molecule has 1 amide bonds. The Kier molecular flexibility index (Phi) is 4.28. The molecule has 0 bridgehead atoms. The number of amides is 1. The van der Waals surface area contributed by atoms with E-state index in [2.05, 4.69) is 35.0 Å². The number of fused-ring (bicyclic) bond motifs is 1. The quantitative estimate of drug-likeness (QED) is 0.695. The van der Waals surface area contributed by atoms with Gasteiger partial charge in [-0.3, -0.25) is 4.79 Å². The summed E-state index contributed by atoms with van der Waals surface area (Å²) in [6, 6.07) is 18.3. The Hall–Kier alpha value is -2.59. The van der Waals surface area contributed by atoms with E-state index in [4.69, 9.17) is 4.74 Å². The number of carbonyl (C=O) groups excluding carboxylic acids is 1. The van der Waals surface area contributed by atoms with Gasteiger partial charge in [-0.1, -0.05) is 42.5 Å². The first-order valence-corrected chi connectivity index (χ1v) is 9.33. The molecule has 0 radical (unpaired) electrons. The largest absolute Gasteiger partial charge is 0.494 e. The summed E-state index contributed by atoms with van der Waals surface area (Å²) < 4.78 is 5.63. The van der Waals surface area contributed by atoms with Crippen LogP contribution in [0.4, 0.5) is 5.69 Å². The average Bonchev–Trinajstić information content (AvgIpc) is 3.06. The zero-order chi connectivity index (χ0) is 17.2. The highest BCUT2D eigenvalue weighted by Crippen LogP contribution is 2.46. The van der Waals surface area contributed by atoms with Crippen LogP contribution in [0.3, 0.4) is 0 Å².